The van der Waals surface area contributed by atoms with Gasteiger partial charge in [-0.3, -0.25) is 4.79 Å². The first-order chi connectivity index (χ1) is 15.0. The van der Waals surface area contributed by atoms with Crippen LogP contribution in [0.15, 0.2) is 30.3 Å². The summed E-state index contributed by atoms with van der Waals surface area (Å²) in [5.74, 6) is -0.516. The molecule has 3 rings (SSSR count). The number of esters is 1. The molecule has 2 aliphatic heterocycles. The van der Waals surface area contributed by atoms with Crippen LogP contribution in [0.25, 0.3) is 0 Å². The van der Waals surface area contributed by atoms with E-state index in [1.165, 1.54) is 0 Å². The summed E-state index contributed by atoms with van der Waals surface area (Å²) >= 11 is 0. The van der Waals surface area contributed by atoms with Crippen molar-refractivity contribution in [2.24, 2.45) is 11.3 Å². The van der Waals surface area contributed by atoms with Crippen molar-refractivity contribution in [1.29, 1.82) is 0 Å². The standard InChI is InChI=1S/C25H36N2O5/c1-18(2)20(21(28)31-16-19-10-7-6-8-11-19)27-15-13-25(22(27)29)12-9-14-26(17-25)23(30)32-24(3,4)5/h6-8,10-11,18,20H,9,12-17H2,1-5H3. The van der Waals surface area contributed by atoms with Crippen molar-refractivity contribution >= 4 is 18.0 Å². The van der Waals surface area contributed by atoms with Crippen LogP contribution in [0.5, 0.6) is 0 Å². The quantitative estimate of drug-likeness (QED) is 0.642. The number of benzene rings is 1. The number of hydrogen-bond donors (Lipinski definition) is 0. The van der Waals surface area contributed by atoms with Gasteiger partial charge in [-0.25, -0.2) is 9.59 Å². The maximum atomic E-state index is 13.6. The third-order valence-electron chi connectivity index (χ3n) is 6.21. The van der Waals surface area contributed by atoms with Gasteiger partial charge < -0.3 is 19.3 Å². The Morgan fingerprint density at radius 2 is 1.78 bits per heavy atom. The SMILES string of the molecule is CC(C)C(C(=O)OCc1ccccc1)N1CCC2(CCCN(C(=O)OC(C)(C)C)C2)C1=O. The van der Waals surface area contributed by atoms with E-state index in [9.17, 15) is 14.4 Å². The van der Waals surface area contributed by atoms with Crippen LogP contribution in [0, 0.1) is 11.3 Å². The predicted octanol–water partition coefficient (Wildman–Crippen LogP) is 4.00. The van der Waals surface area contributed by atoms with Gasteiger partial charge >= 0.3 is 12.1 Å². The van der Waals surface area contributed by atoms with Crippen LogP contribution in [-0.4, -0.2) is 59.0 Å². The molecule has 2 amide bonds. The summed E-state index contributed by atoms with van der Waals surface area (Å²) in [6.07, 6.45) is 1.70. The van der Waals surface area contributed by atoms with E-state index in [0.29, 0.717) is 32.5 Å². The monoisotopic (exact) mass is 444 g/mol. The molecule has 0 saturated carbocycles. The van der Waals surface area contributed by atoms with E-state index in [1.807, 2.05) is 65.0 Å². The highest BCUT2D eigenvalue weighted by Crippen LogP contribution is 2.42. The number of hydrogen-bond acceptors (Lipinski definition) is 5. The lowest BCUT2D eigenvalue weighted by molar-refractivity contribution is -0.159. The fraction of sp³-hybridized carbons (Fsp3) is 0.640. The Morgan fingerprint density at radius 3 is 2.41 bits per heavy atom. The number of nitrogens with zero attached hydrogens (tertiary/aromatic N) is 2. The van der Waals surface area contributed by atoms with E-state index >= 15 is 0 Å². The van der Waals surface area contributed by atoms with Gasteiger partial charge in [-0.2, -0.15) is 0 Å². The molecule has 2 fully saturated rings. The van der Waals surface area contributed by atoms with Crippen LogP contribution in [0.1, 0.15) is 59.4 Å². The topological polar surface area (TPSA) is 76.2 Å². The van der Waals surface area contributed by atoms with Crippen molar-refractivity contribution in [2.45, 2.75) is 72.1 Å². The smallest absolute Gasteiger partial charge is 0.410 e. The summed E-state index contributed by atoms with van der Waals surface area (Å²) in [4.78, 5) is 42.5. The maximum absolute atomic E-state index is 13.6. The highest BCUT2D eigenvalue weighted by atomic mass is 16.6. The lowest BCUT2D eigenvalue weighted by Gasteiger charge is -2.40. The van der Waals surface area contributed by atoms with E-state index in [-0.39, 0.29) is 30.5 Å². The Morgan fingerprint density at radius 1 is 1.09 bits per heavy atom. The first-order valence-electron chi connectivity index (χ1n) is 11.5. The lowest BCUT2D eigenvalue weighted by Crippen LogP contribution is -2.53. The number of amides is 2. The van der Waals surface area contributed by atoms with Crippen molar-refractivity contribution in [3.05, 3.63) is 35.9 Å². The third-order valence-corrected chi connectivity index (χ3v) is 6.21. The molecular weight excluding hydrogens is 408 g/mol. The maximum Gasteiger partial charge on any atom is 0.410 e. The number of carbonyl (C=O) groups is 3. The van der Waals surface area contributed by atoms with Gasteiger partial charge in [0.25, 0.3) is 0 Å². The molecule has 2 atom stereocenters. The predicted molar refractivity (Wildman–Crippen MR) is 121 cm³/mol. The Bertz CT molecular complexity index is 832. The minimum Gasteiger partial charge on any atom is -0.459 e. The third kappa shape index (κ3) is 5.43. The van der Waals surface area contributed by atoms with Crippen LogP contribution in [-0.2, 0) is 25.7 Å². The van der Waals surface area contributed by atoms with Crippen LogP contribution < -0.4 is 0 Å². The summed E-state index contributed by atoms with van der Waals surface area (Å²) in [6, 6.07) is 8.88. The Hall–Kier alpha value is -2.57. The Labute approximate surface area is 191 Å². The molecule has 2 heterocycles. The molecule has 1 aromatic rings. The number of piperidine rings is 1. The molecule has 2 aliphatic rings. The summed E-state index contributed by atoms with van der Waals surface area (Å²) < 4.78 is 11.1. The molecule has 176 valence electrons. The van der Waals surface area contributed by atoms with E-state index in [0.717, 1.165) is 12.0 Å². The second-order valence-electron chi connectivity index (χ2n) is 10.3. The van der Waals surface area contributed by atoms with Crippen molar-refractivity contribution in [3.8, 4) is 0 Å². The summed E-state index contributed by atoms with van der Waals surface area (Å²) in [7, 11) is 0. The van der Waals surface area contributed by atoms with Gasteiger partial charge in [0, 0.05) is 19.6 Å². The average molecular weight is 445 g/mol. The van der Waals surface area contributed by atoms with E-state index in [2.05, 4.69) is 0 Å². The molecule has 0 aliphatic carbocycles. The first kappa shape index (κ1) is 24.1. The van der Waals surface area contributed by atoms with Gasteiger partial charge in [0.05, 0.1) is 5.41 Å². The minimum atomic E-state index is -0.651. The molecule has 1 spiro atoms. The minimum absolute atomic E-state index is 0.0545. The van der Waals surface area contributed by atoms with Gasteiger partial charge in [0.2, 0.25) is 5.91 Å². The van der Waals surface area contributed by atoms with Crippen LogP contribution >= 0.6 is 0 Å². The van der Waals surface area contributed by atoms with Crippen molar-refractivity contribution in [1.82, 2.24) is 9.80 Å². The van der Waals surface area contributed by atoms with E-state index < -0.39 is 17.1 Å². The summed E-state index contributed by atoms with van der Waals surface area (Å²) in [5.41, 5.74) is -0.325. The van der Waals surface area contributed by atoms with Gasteiger partial charge in [-0.1, -0.05) is 44.2 Å². The molecule has 2 saturated heterocycles. The molecule has 1 aromatic carbocycles. The zero-order valence-electron chi connectivity index (χ0n) is 19.9. The van der Waals surface area contributed by atoms with Crippen molar-refractivity contribution in [3.63, 3.8) is 0 Å². The van der Waals surface area contributed by atoms with Crippen LogP contribution in [0.2, 0.25) is 0 Å². The van der Waals surface area contributed by atoms with E-state index in [1.54, 1.807) is 9.80 Å². The number of carbonyl (C=O) groups excluding carboxylic acids is 3. The fourth-order valence-corrected chi connectivity index (χ4v) is 4.68. The molecule has 0 N–H and O–H groups in total. The molecular formula is C25H36N2O5. The second-order valence-corrected chi connectivity index (χ2v) is 10.3. The average Bonchev–Trinajstić information content (AvgIpc) is 3.01. The normalized spacial score (nSPS) is 22.4. The highest BCUT2D eigenvalue weighted by Gasteiger charge is 2.53. The largest absolute Gasteiger partial charge is 0.459 e. The van der Waals surface area contributed by atoms with Crippen LogP contribution in [0.4, 0.5) is 4.79 Å². The van der Waals surface area contributed by atoms with Crippen LogP contribution in [0.3, 0.4) is 0 Å². The fourth-order valence-electron chi connectivity index (χ4n) is 4.68. The Kier molecular flexibility index (Phi) is 7.16. The lowest BCUT2D eigenvalue weighted by atomic mass is 9.78. The number of ether oxygens (including phenoxy) is 2. The van der Waals surface area contributed by atoms with Gasteiger partial charge in [-0.15, -0.1) is 0 Å². The number of likely N-dealkylation sites (tertiary alicyclic amines) is 2. The van der Waals surface area contributed by atoms with Gasteiger partial charge in [-0.05, 0) is 51.5 Å². The second kappa shape index (κ2) is 9.51. The van der Waals surface area contributed by atoms with Gasteiger partial charge in [0.15, 0.2) is 0 Å². The molecule has 7 nitrogen and oxygen atoms in total. The molecule has 7 heteroatoms. The highest BCUT2D eigenvalue weighted by molar-refractivity contribution is 5.90. The van der Waals surface area contributed by atoms with Gasteiger partial charge in [0.1, 0.15) is 18.2 Å². The summed E-state index contributed by atoms with van der Waals surface area (Å²) in [5, 5.41) is 0. The molecule has 0 aromatic heterocycles. The van der Waals surface area contributed by atoms with Crippen molar-refractivity contribution in [2.75, 3.05) is 19.6 Å². The molecule has 0 radical (unpaired) electrons. The molecule has 2 unspecified atom stereocenters. The summed E-state index contributed by atoms with van der Waals surface area (Å²) in [6.45, 7) is 11.0. The Balaban J connectivity index is 1.69. The molecule has 32 heavy (non-hydrogen) atoms. The zero-order valence-corrected chi connectivity index (χ0v) is 19.9. The van der Waals surface area contributed by atoms with Crippen molar-refractivity contribution < 1.29 is 23.9 Å². The number of rotatable bonds is 5. The van der Waals surface area contributed by atoms with E-state index in [4.69, 9.17) is 9.47 Å². The zero-order chi connectivity index (χ0) is 23.5. The first-order valence-corrected chi connectivity index (χ1v) is 11.5. The molecule has 0 bridgehead atoms.